The monoisotopic (exact) mass is 199 g/mol. The molecule has 0 fully saturated rings. The van der Waals surface area contributed by atoms with Gasteiger partial charge in [0.2, 0.25) is 0 Å². The minimum atomic E-state index is 0.352. The third-order valence-electron chi connectivity index (χ3n) is 1.88. The SMILES string of the molecule is Cc1cc(C#N)nc(-n2ccc(C)n2)n1. The zero-order valence-corrected chi connectivity index (χ0v) is 8.47. The third kappa shape index (κ3) is 1.83. The van der Waals surface area contributed by atoms with Gasteiger partial charge in [-0.15, -0.1) is 0 Å². The summed E-state index contributed by atoms with van der Waals surface area (Å²) >= 11 is 0. The van der Waals surface area contributed by atoms with Gasteiger partial charge in [0.05, 0.1) is 5.69 Å². The van der Waals surface area contributed by atoms with Gasteiger partial charge in [-0.2, -0.15) is 10.4 Å². The van der Waals surface area contributed by atoms with Crippen molar-refractivity contribution in [3.63, 3.8) is 0 Å². The Morgan fingerprint density at radius 3 is 2.67 bits per heavy atom. The number of nitrogens with zero attached hydrogens (tertiary/aromatic N) is 5. The number of nitriles is 1. The summed E-state index contributed by atoms with van der Waals surface area (Å²) in [5.41, 5.74) is 1.99. The number of hydrogen-bond acceptors (Lipinski definition) is 4. The number of aromatic nitrogens is 4. The fourth-order valence-corrected chi connectivity index (χ4v) is 1.24. The molecule has 2 aromatic heterocycles. The first kappa shape index (κ1) is 9.34. The Balaban J connectivity index is 2.54. The highest BCUT2D eigenvalue weighted by Gasteiger charge is 2.04. The van der Waals surface area contributed by atoms with Crippen molar-refractivity contribution in [3.8, 4) is 12.0 Å². The van der Waals surface area contributed by atoms with E-state index in [1.807, 2.05) is 26.0 Å². The molecule has 0 unspecified atom stereocenters. The van der Waals surface area contributed by atoms with Crippen LogP contribution in [-0.2, 0) is 0 Å². The summed E-state index contributed by atoms with van der Waals surface area (Å²) in [5.74, 6) is 0.430. The van der Waals surface area contributed by atoms with Gasteiger partial charge >= 0.3 is 0 Å². The molecule has 0 aliphatic carbocycles. The molecule has 0 radical (unpaired) electrons. The second kappa shape index (κ2) is 3.50. The minimum Gasteiger partial charge on any atom is -0.216 e. The molecule has 5 heteroatoms. The second-order valence-electron chi connectivity index (χ2n) is 3.21. The van der Waals surface area contributed by atoms with Crippen molar-refractivity contribution in [2.45, 2.75) is 13.8 Å². The smallest absolute Gasteiger partial charge is 0.216 e. The van der Waals surface area contributed by atoms with Crippen molar-refractivity contribution < 1.29 is 0 Å². The summed E-state index contributed by atoms with van der Waals surface area (Å²) < 4.78 is 1.56. The van der Waals surface area contributed by atoms with E-state index >= 15 is 0 Å². The molecule has 2 heterocycles. The Morgan fingerprint density at radius 1 is 1.27 bits per heavy atom. The molecule has 0 spiro atoms. The number of hydrogen-bond donors (Lipinski definition) is 0. The van der Waals surface area contributed by atoms with Gasteiger partial charge < -0.3 is 0 Å². The molecule has 0 aliphatic heterocycles. The van der Waals surface area contributed by atoms with Crippen LogP contribution in [0.2, 0.25) is 0 Å². The molecule has 2 aromatic rings. The first-order valence-electron chi connectivity index (χ1n) is 4.47. The van der Waals surface area contributed by atoms with Crippen LogP contribution < -0.4 is 0 Å². The van der Waals surface area contributed by atoms with Crippen molar-refractivity contribution in [3.05, 3.63) is 35.4 Å². The van der Waals surface area contributed by atoms with E-state index in [4.69, 9.17) is 5.26 Å². The molecule has 0 aromatic carbocycles. The van der Waals surface area contributed by atoms with Crippen molar-refractivity contribution in [1.82, 2.24) is 19.7 Å². The third-order valence-corrected chi connectivity index (χ3v) is 1.88. The van der Waals surface area contributed by atoms with E-state index in [9.17, 15) is 0 Å². The maximum atomic E-state index is 8.77. The maximum absolute atomic E-state index is 8.77. The van der Waals surface area contributed by atoms with Crippen LogP contribution in [0.15, 0.2) is 18.3 Å². The normalized spacial score (nSPS) is 9.93. The van der Waals surface area contributed by atoms with Gasteiger partial charge in [0.1, 0.15) is 11.8 Å². The van der Waals surface area contributed by atoms with Crippen LogP contribution in [0.1, 0.15) is 17.1 Å². The lowest BCUT2D eigenvalue weighted by Crippen LogP contribution is -2.04. The Kier molecular flexibility index (Phi) is 2.18. The number of aryl methyl sites for hydroxylation is 2. The van der Waals surface area contributed by atoms with Crippen LogP contribution >= 0.6 is 0 Å². The summed E-state index contributed by atoms with van der Waals surface area (Å²) in [6.07, 6.45) is 1.77. The topological polar surface area (TPSA) is 67.4 Å². The van der Waals surface area contributed by atoms with Crippen molar-refractivity contribution in [2.24, 2.45) is 0 Å². The number of rotatable bonds is 1. The van der Waals surface area contributed by atoms with Crippen molar-refractivity contribution >= 4 is 0 Å². The Morgan fingerprint density at radius 2 is 2.07 bits per heavy atom. The molecular formula is C10H9N5. The largest absolute Gasteiger partial charge is 0.251 e. The molecule has 15 heavy (non-hydrogen) atoms. The van der Waals surface area contributed by atoms with Crippen LogP contribution in [0.25, 0.3) is 5.95 Å². The molecule has 74 valence electrons. The lowest BCUT2D eigenvalue weighted by atomic mass is 10.3. The van der Waals surface area contributed by atoms with Crippen LogP contribution in [0.5, 0.6) is 0 Å². The molecular weight excluding hydrogens is 190 g/mol. The van der Waals surface area contributed by atoms with Crippen LogP contribution in [-0.4, -0.2) is 19.7 Å². The summed E-state index contributed by atoms with van der Waals surface area (Å²) in [6, 6.07) is 5.49. The molecule has 0 saturated heterocycles. The van der Waals surface area contributed by atoms with E-state index in [0.717, 1.165) is 11.4 Å². The van der Waals surface area contributed by atoms with Gasteiger partial charge in [-0.1, -0.05) is 0 Å². The first-order valence-corrected chi connectivity index (χ1v) is 4.47. The average Bonchev–Trinajstić information content (AvgIpc) is 2.64. The summed E-state index contributed by atoms with van der Waals surface area (Å²) in [7, 11) is 0. The second-order valence-corrected chi connectivity index (χ2v) is 3.21. The molecule has 0 atom stereocenters. The van der Waals surface area contributed by atoms with E-state index in [0.29, 0.717) is 11.6 Å². The standard InChI is InChI=1S/C10H9N5/c1-7-3-4-15(14-7)10-12-8(2)5-9(6-11)13-10/h3-5H,1-2H3. The summed E-state index contributed by atoms with van der Waals surface area (Å²) in [6.45, 7) is 3.71. The zero-order valence-electron chi connectivity index (χ0n) is 8.47. The predicted octanol–water partition coefficient (Wildman–Crippen LogP) is 1.15. The highest BCUT2D eigenvalue weighted by atomic mass is 15.3. The van der Waals surface area contributed by atoms with Crippen molar-refractivity contribution in [2.75, 3.05) is 0 Å². The van der Waals surface area contributed by atoms with Crippen LogP contribution in [0.3, 0.4) is 0 Å². The highest BCUT2D eigenvalue weighted by molar-refractivity contribution is 5.26. The average molecular weight is 199 g/mol. The summed E-state index contributed by atoms with van der Waals surface area (Å²) in [4.78, 5) is 8.27. The van der Waals surface area contributed by atoms with E-state index in [1.165, 1.54) is 0 Å². The fraction of sp³-hybridized carbons (Fsp3) is 0.200. The molecule has 2 rings (SSSR count). The summed E-state index contributed by atoms with van der Waals surface area (Å²) in [5, 5.41) is 12.9. The van der Waals surface area contributed by atoms with Crippen molar-refractivity contribution in [1.29, 1.82) is 5.26 Å². The zero-order chi connectivity index (χ0) is 10.8. The van der Waals surface area contributed by atoms with Gasteiger partial charge in [0.15, 0.2) is 0 Å². The van der Waals surface area contributed by atoms with E-state index in [1.54, 1.807) is 16.9 Å². The lowest BCUT2D eigenvalue weighted by Gasteiger charge is -2.00. The van der Waals surface area contributed by atoms with Crippen LogP contribution in [0.4, 0.5) is 0 Å². The maximum Gasteiger partial charge on any atom is 0.251 e. The van der Waals surface area contributed by atoms with Gasteiger partial charge in [-0.25, -0.2) is 14.6 Å². The van der Waals surface area contributed by atoms with E-state index < -0.39 is 0 Å². The fourth-order valence-electron chi connectivity index (χ4n) is 1.24. The van der Waals surface area contributed by atoms with Gasteiger partial charge in [-0.3, -0.25) is 0 Å². The van der Waals surface area contributed by atoms with E-state index in [2.05, 4.69) is 15.1 Å². The first-order chi connectivity index (χ1) is 7.19. The molecule has 5 nitrogen and oxygen atoms in total. The lowest BCUT2D eigenvalue weighted by molar-refractivity contribution is 0.788. The minimum absolute atomic E-state index is 0.352. The molecule has 0 N–H and O–H groups in total. The highest BCUT2D eigenvalue weighted by Crippen LogP contribution is 2.04. The molecule has 0 saturated carbocycles. The van der Waals surface area contributed by atoms with Gasteiger partial charge in [-0.05, 0) is 26.0 Å². The van der Waals surface area contributed by atoms with Gasteiger partial charge in [0.25, 0.3) is 5.95 Å². The predicted molar refractivity (Wildman–Crippen MR) is 53.3 cm³/mol. The van der Waals surface area contributed by atoms with Crippen LogP contribution in [0, 0.1) is 25.2 Å². The van der Waals surface area contributed by atoms with E-state index in [-0.39, 0.29) is 0 Å². The quantitative estimate of drug-likeness (QED) is 0.691. The van der Waals surface area contributed by atoms with Gasteiger partial charge in [0, 0.05) is 11.9 Å². The Hall–Kier alpha value is -2.22. The Labute approximate surface area is 87.0 Å². The molecule has 0 bridgehead atoms. The molecule has 0 amide bonds. The molecule has 0 aliphatic rings. The Bertz CT molecular complexity index is 535.